The third-order valence-electron chi connectivity index (χ3n) is 4.46. The second kappa shape index (κ2) is 7.53. The maximum Gasteiger partial charge on any atom is 0.410 e. The number of carbonyl (C=O) groups is 1. The Morgan fingerprint density at radius 2 is 2.00 bits per heavy atom. The Morgan fingerprint density at radius 1 is 1.27 bits per heavy atom. The molecule has 1 saturated heterocycles. The number of aromatic nitrogens is 1. The molecule has 0 radical (unpaired) electrons. The number of nitrogens with zero attached hydrogens (tertiary/aromatic N) is 3. The Morgan fingerprint density at radius 3 is 2.58 bits per heavy atom. The van der Waals surface area contributed by atoms with E-state index in [1.807, 2.05) is 39.1 Å². The quantitative estimate of drug-likeness (QED) is 0.873. The van der Waals surface area contributed by atoms with E-state index < -0.39 is 5.60 Å². The molecular weight excluding hydrogens is 332 g/mol. The first-order valence-corrected chi connectivity index (χ1v) is 9.09. The smallest absolute Gasteiger partial charge is 0.410 e. The standard InChI is InChI=1S/C19H28N4O3/c1-19(2,3)26-18(24)23-6-4-14(5-7-23)15-13-21-17(12-16(15)20)22-8-10-25-11-9-22/h4,12-13H,5-11H2,1-3H3,(H2,20,21). The van der Waals surface area contributed by atoms with Crippen LogP contribution in [0.3, 0.4) is 0 Å². The number of nitrogens with two attached hydrogens (primary N) is 1. The van der Waals surface area contributed by atoms with E-state index in [2.05, 4.69) is 9.88 Å². The number of hydrogen-bond acceptors (Lipinski definition) is 6. The summed E-state index contributed by atoms with van der Waals surface area (Å²) >= 11 is 0. The number of amides is 1. The zero-order valence-corrected chi connectivity index (χ0v) is 15.8. The van der Waals surface area contributed by atoms with Crippen molar-refractivity contribution < 1.29 is 14.3 Å². The van der Waals surface area contributed by atoms with Crippen LogP contribution in [0.25, 0.3) is 5.57 Å². The van der Waals surface area contributed by atoms with Gasteiger partial charge in [0.1, 0.15) is 11.4 Å². The van der Waals surface area contributed by atoms with Crippen molar-refractivity contribution >= 4 is 23.2 Å². The van der Waals surface area contributed by atoms with Gasteiger partial charge in [-0.05, 0) is 32.8 Å². The molecule has 26 heavy (non-hydrogen) atoms. The van der Waals surface area contributed by atoms with Crippen LogP contribution in [0.5, 0.6) is 0 Å². The van der Waals surface area contributed by atoms with Crippen molar-refractivity contribution in [1.82, 2.24) is 9.88 Å². The first-order valence-electron chi connectivity index (χ1n) is 9.09. The Bertz CT molecular complexity index is 691. The minimum Gasteiger partial charge on any atom is -0.444 e. The monoisotopic (exact) mass is 360 g/mol. The highest BCUT2D eigenvalue weighted by Gasteiger charge is 2.24. The minimum absolute atomic E-state index is 0.276. The van der Waals surface area contributed by atoms with E-state index in [1.54, 1.807) is 4.90 Å². The van der Waals surface area contributed by atoms with Gasteiger partial charge >= 0.3 is 6.09 Å². The average Bonchev–Trinajstić information content (AvgIpc) is 2.61. The molecule has 3 rings (SSSR count). The molecule has 0 bridgehead atoms. The summed E-state index contributed by atoms with van der Waals surface area (Å²) in [4.78, 5) is 20.6. The number of rotatable bonds is 2. The number of ether oxygens (including phenoxy) is 2. The Kier molecular flexibility index (Phi) is 5.36. The van der Waals surface area contributed by atoms with E-state index in [-0.39, 0.29) is 6.09 Å². The first-order chi connectivity index (χ1) is 12.3. The lowest BCUT2D eigenvalue weighted by Crippen LogP contribution is -2.39. The van der Waals surface area contributed by atoms with Gasteiger partial charge in [-0.3, -0.25) is 0 Å². The van der Waals surface area contributed by atoms with Gasteiger partial charge < -0.3 is 25.0 Å². The molecule has 0 spiro atoms. The van der Waals surface area contributed by atoms with Gasteiger partial charge in [0.25, 0.3) is 0 Å². The van der Waals surface area contributed by atoms with Gasteiger partial charge in [-0.25, -0.2) is 9.78 Å². The lowest BCUT2D eigenvalue weighted by Gasteiger charge is -2.30. The van der Waals surface area contributed by atoms with Crippen molar-refractivity contribution in [3.8, 4) is 0 Å². The van der Waals surface area contributed by atoms with E-state index in [0.29, 0.717) is 13.1 Å². The van der Waals surface area contributed by atoms with E-state index in [1.165, 1.54) is 0 Å². The van der Waals surface area contributed by atoms with Crippen LogP contribution in [0.15, 0.2) is 18.3 Å². The van der Waals surface area contributed by atoms with Crippen molar-refractivity contribution in [2.24, 2.45) is 0 Å². The maximum absolute atomic E-state index is 12.2. The van der Waals surface area contributed by atoms with Crippen LogP contribution in [0.2, 0.25) is 0 Å². The van der Waals surface area contributed by atoms with Crippen molar-refractivity contribution in [1.29, 1.82) is 0 Å². The molecule has 1 amide bonds. The maximum atomic E-state index is 12.2. The van der Waals surface area contributed by atoms with E-state index >= 15 is 0 Å². The first kappa shape index (κ1) is 18.5. The molecule has 0 atom stereocenters. The van der Waals surface area contributed by atoms with E-state index in [0.717, 1.165) is 55.4 Å². The van der Waals surface area contributed by atoms with Crippen LogP contribution in [-0.2, 0) is 9.47 Å². The highest BCUT2D eigenvalue weighted by molar-refractivity contribution is 5.78. The number of hydrogen-bond donors (Lipinski definition) is 1. The van der Waals surface area contributed by atoms with E-state index in [4.69, 9.17) is 15.2 Å². The van der Waals surface area contributed by atoms with Gasteiger partial charge in [0.15, 0.2) is 0 Å². The number of morpholine rings is 1. The summed E-state index contributed by atoms with van der Waals surface area (Å²) in [5.74, 6) is 0.890. The highest BCUT2D eigenvalue weighted by Crippen LogP contribution is 2.29. The molecule has 1 fully saturated rings. The fraction of sp³-hybridized carbons (Fsp3) is 0.579. The van der Waals surface area contributed by atoms with Crippen LogP contribution >= 0.6 is 0 Å². The molecule has 0 unspecified atom stereocenters. The zero-order valence-electron chi connectivity index (χ0n) is 15.8. The van der Waals surface area contributed by atoms with Crippen molar-refractivity contribution in [3.63, 3.8) is 0 Å². The lowest BCUT2D eigenvalue weighted by molar-refractivity contribution is 0.0270. The summed E-state index contributed by atoms with van der Waals surface area (Å²) in [6.07, 6.45) is 4.34. The fourth-order valence-electron chi connectivity index (χ4n) is 3.10. The SMILES string of the molecule is CC(C)(C)OC(=O)N1CC=C(c2cnc(N3CCOCC3)cc2N)CC1. The predicted molar refractivity (Wildman–Crippen MR) is 102 cm³/mol. The zero-order chi connectivity index (χ0) is 18.7. The Labute approximate surface area is 154 Å². The third-order valence-corrected chi connectivity index (χ3v) is 4.46. The van der Waals surface area contributed by atoms with Crippen molar-refractivity contribution in [2.75, 3.05) is 50.0 Å². The predicted octanol–water partition coefficient (Wildman–Crippen LogP) is 2.52. The van der Waals surface area contributed by atoms with E-state index in [9.17, 15) is 4.79 Å². The van der Waals surface area contributed by atoms with Gasteiger partial charge in [-0.2, -0.15) is 0 Å². The lowest BCUT2D eigenvalue weighted by atomic mass is 9.99. The minimum atomic E-state index is -0.481. The molecule has 0 saturated carbocycles. The summed E-state index contributed by atoms with van der Waals surface area (Å²) in [5, 5.41) is 0. The number of nitrogen functional groups attached to an aromatic ring is 1. The number of carbonyl (C=O) groups excluding carboxylic acids is 1. The number of anilines is 2. The molecule has 0 aromatic carbocycles. The average molecular weight is 360 g/mol. The molecule has 1 aromatic heterocycles. The van der Waals surface area contributed by atoms with Crippen LogP contribution in [0.1, 0.15) is 32.8 Å². The Balaban J connectivity index is 1.67. The summed E-state index contributed by atoms with van der Waals surface area (Å²) in [5.41, 5.74) is 8.61. The molecule has 3 heterocycles. The highest BCUT2D eigenvalue weighted by atomic mass is 16.6. The van der Waals surface area contributed by atoms with Crippen molar-refractivity contribution in [3.05, 3.63) is 23.9 Å². The summed E-state index contributed by atoms with van der Waals surface area (Å²) in [6, 6.07) is 1.93. The van der Waals surface area contributed by atoms with Gasteiger partial charge in [0, 0.05) is 49.7 Å². The second-order valence-electron chi connectivity index (χ2n) is 7.63. The topological polar surface area (TPSA) is 80.9 Å². The normalized spacial score (nSPS) is 18.5. The summed E-state index contributed by atoms with van der Waals surface area (Å²) in [6.45, 7) is 9.86. The molecule has 1 aromatic rings. The second-order valence-corrected chi connectivity index (χ2v) is 7.63. The van der Waals surface area contributed by atoms with Crippen LogP contribution in [0, 0.1) is 0 Å². The van der Waals surface area contributed by atoms with Crippen LogP contribution in [-0.4, -0.2) is 61.0 Å². The summed E-state index contributed by atoms with van der Waals surface area (Å²) < 4.78 is 10.8. The third kappa shape index (κ3) is 4.46. The van der Waals surface area contributed by atoms with Gasteiger partial charge in [-0.1, -0.05) is 6.08 Å². The van der Waals surface area contributed by atoms with Crippen LogP contribution in [0.4, 0.5) is 16.3 Å². The van der Waals surface area contributed by atoms with Crippen molar-refractivity contribution in [2.45, 2.75) is 32.8 Å². The summed E-state index contributed by atoms with van der Waals surface area (Å²) in [7, 11) is 0. The molecule has 0 aliphatic carbocycles. The Hall–Kier alpha value is -2.28. The molecular formula is C19H28N4O3. The van der Waals surface area contributed by atoms with Gasteiger partial charge in [0.2, 0.25) is 0 Å². The number of pyridine rings is 1. The fourth-order valence-corrected chi connectivity index (χ4v) is 3.10. The molecule has 2 N–H and O–H groups in total. The molecule has 7 heteroatoms. The molecule has 7 nitrogen and oxygen atoms in total. The molecule has 2 aliphatic heterocycles. The molecule has 142 valence electrons. The largest absolute Gasteiger partial charge is 0.444 e. The van der Waals surface area contributed by atoms with Gasteiger partial charge in [-0.15, -0.1) is 0 Å². The van der Waals surface area contributed by atoms with Gasteiger partial charge in [0.05, 0.1) is 13.2 Å². The molecule has 2 aliphatic rings. The van der Waals surface area contributed by atoms with Crippen LogP contribution < -0.4 is 10.6 Å².